The quantitative estimate of drug-likeness (QED) is 0.439. The molecule has 0 saturated carbocycles. The summed E-state index contributed by atoms with van der Waals surface area (Å²) in [6, 6.07) is 12.8. The standard InChI is InChI=1S/C24H23N3O5/c1-5-13-6-8-14(9-7-13)22-21-16(24(28)29)10-17(25-23(21)27-26-22)15-11-19(31-3)20(32-4)12-18(15)30-2/h6-12H,5H2,1-4H3,(H,28,29)(H,25,26,27). The van der Waals surface area contributed by atoms with Crippen molar-refractivity contribution in [2.75, 3.05) is 21.3 Å². The fourth-order valence-corrected chi connectivity index (χ4v) is 3.68. The number of aromatic carboxylic acids is 1. The Balaban J connectivity index is 1.94. The van der Waals surface area contributed by atoms with E-state index in [1.54, 1.807) is 12.1 Å². The predicted octanol–water partition coefficient (Wildman–Crippen LogP) is 4.58. The lowest BCUT2D eigenvalue weighted by atomic mass is 10.0. The van der Waals surface area contributed by atoms with Gasteiger partial charge in [-0.25, -0.2) is 9.78 Å². The van der Waals surface area contributed by atoms with Gasteiger partial charge in [-0.15, -0.1) is 0 Å². The van der Waals surface area contributed by atoms with E-state index in [9.17, 15) is 9.90 Å². The van der Waals surface area contributed by atoms with E-state index in [0.717, 1.165) is 12.0 Å². The van der Waals surface area contributed by atoms with E-state index in [2.05, 4.69) is 22.1 Å². The minimum atomic E-state index is -1.08. The van der Waals surface area contributed by atoms with Gasteiger partial charge in [0.1, 0.15) is 5.75 Å². The van der Waals surface area contributed by atoms with Gasteiger partial charge in [0.15, 0.2) is 17.1 Å². The lowest BCUT2D eigenvalue weighted by molar-refractivity contribution is 0.0699. The highest BCUT2D eigenvalue weighted by Gasteiger charge is 2.22. The Morgan fingerprint density at radius 2 is 1.62 bits per heavy atom. The zero-order valence-corrected chi connectivity index (χ0v) is 18.2. The maximum atomic E-state index is 12.2. The summed E-state index contributed by atoms with van der Waals surface area (Å²) in [4.78, 5) is 16.8. The number of carboxylic acid groups (broad SMARTS) is 1. The molecule has 0 aliphatic heterocycles. The lowest BCUT2D eigenvalue weighted by Crippen LogP contribution is -2.01. The highest BCUT2D eigenvalue weighted by Crippen LogP contribution is 2.41. The number of hydrogen-bond acceptors (Lipinski definition) is 6. The maximum Gasteiger partial charge on any atom is 0.336 e. The summed E-state index contributed by atoms with van der Waals surface area (Å²) in [5.41, 5.74) is 3.98. The monoisotopic (exact) mass is 433 g/mol. The Kier molecular flexibility index (Phi) is 5.68. The van der Waals surface area contributed by atoms with Gasteiger partial charge in [-0.05, 0) is 24.1 Å². The molecule has 2 aromatic heterocycles. The maximum absolute atomic E-state index is 12.2. The van der Waals surface area contributed by atoms with E-state index in [-0.39, 0.29) is 5.56 Å². The number of ether oxygens (including phenoxy) is 3. The molecule has 0 saturated heterocycles. The molecule has 0 aliphatic rings. The zero-order chi connectivity index (χ0) is 22.8. The first kappa shape index (κ1) is 21.2. The second-order valence-electron chi connectivity index (χ2n) is 7.12. The number of pyridine rings is 1. The molecule has 0 spiro atoms. The molecular weight excluding hydrogens is 410 g/mol. The van der Waals surface area contributed by atoms with Gasteiger partial charge >= 0.3 is 5.97 Å². The molecule has 0 atom stereocenters. The molecule has 0 aliphatic carbocycles. The topological polar surface area (TPSA) is 107 Å². The molecule has 2 N–H and O–H groups in total. The first-order valence-electron chi connectivity index (χ1n) is 10.0. The van der Waals surface area contributed by atoms with Gasteiger partial charge in [-0.1, -0.05) is 31.2 Å². The van der Waals surface area contributed by atoms with Crippen LogP contribution < -0.4 is 14.2 Å². The van der Waals surface area contributed by atoms with E-state index in [1.165, 1.54) is 33.0 Å². The third-order valence-electron chi connectivity index (χ3n) is 5.39. The third kappa shape index (κ3) is 3.60. The SMILES string of the molecule is CCc1ccc(-c2[nH]nc3nc(-c4cc(OC)c(OC)cc4OC)cc(C(=O)O)c23)cc1. The molecule has 0 fully saturated rings. The van der Waals surface area contributed by atoms with Crippen LogP contribution >= 0.6 is 0 Å². The Labute approximate surface area is 184 Å². The van der Waals surface area contributed by atoms with Crippen molar-refractivity contribution >= 4 is 17.0 Å². The average Bonchev–Trinajstić information content (AvgIpc) is 3.26. The molecule has 2 aromatic carbocycles. The third-order valence-corrected chi connectivity index (χ3v) is 5.39. The number of hydrogen-bond donors (Lipinski definition) is 2. The normalized spacial score (nSPS) is 10.9. The molecule has 32 heavy (non-hydrogen) atoms. The fourth-order valence-electron chi connectivity index (χ4n) is 3.68. The molecule has 0 bridgehead atoms. The van der Waals surface area contributed by atoms with Crippen LogP contribution in [0.1, 0.15) is 22.8 Å². The Morgan fingerprint density at radius 3 is 2.22 bits per heavy atom. The van der Waals surface area contributed by atoms with Crippen LogP contribution in [0, 0.1) is 0 Å². The van der Waals surface area contributed by atoms with E-state index in [1.807, 2.05) is 24.3 Å². The molecule has 8 nitrogen and oxygen atoms in total. The van der Waals surface area contributed by atoms with Crippen molar-refractivity contribution in [3.05, 3.63) is 53.6 Å². The lowest BCUT2D eigenvalue weighted by Gasteiger charge is -2.14. The van der Waals surface area contributed by atoms with E-state index in [4.69, 9.17) is 14.2 Å². The number of H-pyrrole nitrogens is 1. The van der Waals surface area contributed by atoms with Crippen LogP contribution in [-0.4, -0.2) is 47.6 Å². The predicted molar refractivity (Wildman–Crippen MR) is 121 cm³/mol. The minimum absolute atomic E-state index is 0.0881. The van der Waals surface area contributed by atoms with Crippen molar-refractivity contribution in [2.24, 2.45) is 0 Å². The molecule has 2 heterocycles. The minimum Gasteiger partial charge on any atom is -0.496 e. The first-order valence-corrected chi connectivity index (χ1v) is 10.0. The molecule has 4 rings (SSSR count). The summed E-state index contributed by atoms with van der Waals surface area (Å²) in [5.74, 6) is 0.355. The molecule has 8 heteroatoms. The summed E-state index contributed by atoms with van der Waals surface area (Å²) in [5, 5.41) is 17.7. The first-order chi connectivity index (χ1) is 15.5. The van der Waals surface area contributed by atoms with E-state index in [0.29, 0.717) is 45.2 Å². The number of rotatable bonds is 7. The van der Waals surface area contributed by atoms with E-state index < -0.39 is 5.97 Å². The van der Waals surface area contributed by atoms with Crippen LogP contribution in [0.5, 0.6) is 17.2 Å². The summed E-state index contributed by atoms with van der Waals surface area (Å²) < 4.78 is 16.2. The second kappa shape index (κ2) is 8.58. The number of aryl methyl sites for hydroxylation is 1. The van der Waals surface area contributed by atoms with Crippen LogP contribution in [0.2, 0.25) is 0 Å². The number of fused-ring (bicyclic) bond motifs is 1. The molecule has 0 radical (unpaired) electrons. The van der Waals surface area contributed by atoms with Crippen LogP contribution in [0.3, 0.4) is 0 Å². The molecule has 164 valence electrons. The smallest absolute Gasteiger partial charge is 0.336 e. The Hall–Kier alpha value is -4.07. The highest BCUT2D eigenvalue weighted by atomic mass is 16.5. The van der Waals surface area contributed by atoms with Gasteiger partial charge < -0.3 is 19.3 Å². The molecule has 4 aromatic rings. The van der Waals surface area contributed by atoms with Gasteiger partial charge in [0, 0.05) is 17.2 Å². The van der Waals surface area contributed by atoms with Crippen molar-refractivity contribution in [1.82, 2.24) is 15.2 Å². The number of nitrogens with one attached hydrogen (secondary N) is 1. The zero-order valence-electron chi connectivity index (χ0n) is 18.2. The van der Waals surface area contributed by atoms with Crippen molar-refractivity contribution in [3.8, 4) is 39.8 Å². The molecule has 0 unspecified atom stereocenters. The highest BCUT2D eigenvalue weighted by molar-refractivity contribution is 6.08. The number of carbonyl (C=O) groups is 1. The summed E-state index contributed by atoms with van der Waals surface area (Å²) in [7, 11) is 4.58. The van der Waals surface area contributed by atoms with Gasteiger partial charge in [0.25, 0.3) is 0 Å². The Bertz CT molecular complexity index is 1300. The van der Waals surface area contributed by atoms with Gasteiger partial charge in [0.2, 0.25) is 0 Å². The van der Waals surface area contributed by atoms with Gasteiger partial charge in [-0.2, -0.15) is 5.10 Å². The largest absolute Gasteiger partial charge is 0.496 e. The number of aromatic nitrogens is 3. The van der Waals surface area contributed by atoms with Crippen LogP contribution in [0.4, 0.5) is 0 Å². The summed E-state index contributed by atoms with van der Waals surface area (Å²) >= 11 is 0. The average molecular weight is 433 g/mol. The van der Waals surface area contributed by atoms with Gasteiger partial charge in [-0.3, -0.25) is 5.10 Å². The van der Waals surface area contributed by atoms with Crippen molar-refractivity contribution < 1.29 is 24.1 Å². The number of benzene rings is 2. The number of nitrogens with zero attached hydrogens (tertiary/aromatic N) is 2. The Morgan fingerprint density at radius 1 is 0.969 bits per heavy atom. The van der Waals surface area contributed by atoms with E-state index >= 15 is 0 Å². The number of carboxylic acids is 1. The number of methoxy groups -OCH3 is 3. The summed E-state index contributed by atoms with van der Waals surface area (Å²) in [6.45, 7) is 2.08. The van der Waals surface area contributed by atoms with Crippen molar-refractivity contribution in [1.29, 1.82) is 0 Å². The second-order valence-corrected chi connectivity index (χ2v) is 7.12. The van der Waals surface area contributed by atoms with Gasteiger partial charge in [0.05, 0.1) is 43.7 Å². The van der Waals surface area contributed by atoms with Crippen molar-refractivity contribution in [3.63, 3.8) is 0 Å². The number of aromatic amines is 1. The fraction of sp³-hybridized carbons (Fsp3) is 0.208. The van der Waals surface area contributed by atoms with Crippen LogP contribution in [0.15, 0.2) is 42.5 Å². The van der Waals surface area contributed by atoms with Crippen LogP contribution in [-0.2, 0) is 6.42 Å². The van der Waals surface area contributed by atoms with Crippen LogP contribution in [0.25, 0.3) is 33.5 Å². The molecular formula is C24H23N3O5. The van der Waals surface area contributed by atoms with Crippen molar-refractivity contribution in [2.45, 2.75) is 13.3 Å². The summed E-state index contributed by atoms with van der Waals surface area (Å²) in [6.07, 6.45) is 0.919. The molecule has 0 amide bonds.